The maximum absolute atomic E-state index is 4.23. The van der Waals surface area contributed by atoms with Crippen molar-refractivity contribution in [2.75, 3.05) is 6.54 Å². The Kier molecular flexibility index (Phi) is 3.39. The molecule has 2 rings (SSSR count). The second-order valence-corrected chi connectivity index (χ2v) is 5.77. The third-order valence-corrected chi connectivity index (χ3v) is 4.16. The molecule has 1 atom stereocenters. The molecule has 1 aromatic rings. The monoisotopic (exact) mass is 229 g/mol. The van der Waals surface area contributed by atoms with Gasteiger partial charge in [0, 0.05) is 11.5 Å². The predicted molar refractivity (Wildman–Crippen MR) is 74.2 cm³/mol. The predicted octanol–water partition coefficient (Wildman–Crippen LogP) is 3.48. The van der Waals surface area contributed by atoms with Gasteiger partial charge < -0.3 is 5.32 Å². The number of hydrogen-bond donors (Lipinski definition) is 1. The standard InChI is InChI=1S/C16H23N/c1-12-5-7-14(8-6-12)11-15-16(3,4)13(2)9-10-17-15/h5-8,15,17H,2,9-11H2,1,3-4H3/t15-/m1/s1. The number of piperidine rings is 1. The Bertz CT molecular complexity index is 400. The fourth-order valence-electron chi connectivity index (χ4n) is 2.51. The normalized spacial score (nSPS) is 23.7. The fraction of sp³-hybridized carbons (Fsp3) is 0.500. The molecule has 17 heavy (non-hydrogen) atoms. The minimum Gasteiger partial charge on any atom is -0.312 e. The summed E-state index contributed by atoms with van der Waals surface area (Å²) in [4.78, 5) is 0. The highest BCUT2D eigenvalue weighted by atomic mass is 14.9. The Hall–Kier alpha value is -1.08. The van der Waals surface area contributed by atoms with Gasteiger partial charge in [-0.15, -0.1) is 0 Å². The van der Waals surface area contributed by atoms with E-state index in [1.807, 2.05) is 0 Å². The van der Waals surface area contributed by atoms with Gasteiger partial charge in [0.15, 0.2) is 0 Å². The summed E-state index contributed by atoms with van der Waals surface area (Å²) >= 11 is 0. The van der Waals surface area contributed by atoms with E-state index < -0.39 is 0 Å². The van der Waals surface area contributed by atoms with Crippen LogP contribution in [-0.4, -0.2) is 12.6 Å². The molecule has 1 aliphatic rings. The molecular formula is C16H23N. The Morgan fingerprint density at radius 3 is 2.59 bits per heavy atom. The average Bonchev–Trinajstić information content (AvgIpc) is 2.28. The van der Waals surface area contributed by atoms with Crippen molar-refractivity contribution >= 4 is 0 Å². The van der Waals surface area contributed by atoms with Gasteiger partial charge in [0.05, 0.1) is 0 Å². The smallest absolute Gasteiger partial charge is 0.0196 e. The Labute approximate surface area is 105 Å². The van der Waals surface area contributed by atoms with E-state index >= 15 is 0 Å². The van der Waals surface area contributed by atoms with Crippen LogP contribution in [0.2, 0.25) is 0 Å². The van der Waals surface area contributed by atoms with Crippen molar-refractivity contribution in [2.45, 2.75) is 39.7 Å². The molecule has 0 spiro atoms. The van der Waals surface area contributed by atoms with E-state index in [-0.39, 0.29) is 5.41 Å². The molecule has 1 fully saturated rings. The van der Waals surface area contributed by atoms with Crippen LogP contribution in [0.5, 0.6) is 0 Å². The van der Waals surface area contributed by atoms with Crippen molar-refractivity contribution in [3.63, 3.8) is 0 Å². The molecule has 1 heteroatoms. The Balaban J connectivity index is 2.12. The molecule has 0 aromatic heterocycles. The van der Waals surface area contributed by atoms with E-state index in [2.05, 4.69) is 56.9 Å². The van der Waals surface area contributed by atoms with Crippen LogP contribution in [0.15, 0.2) is 36.4 Å². The molecule has 1 heterocycles. The van der Waals surface area contributed by atoms with Crippen LogP contribution < -0.4 is 5.32 Å². The largest absolute Gasteiger partial charge is 0.312 e. The summed E-state index contributed by atoms with van der Waals surface area (Å²) in [5, 5.41) is 3.64. The number of hydrogen-bond acceptors (Lipinski definition) is 1. The van der Waals surface area contributed by atoms with Crippen LogP contribution in [0, 0.1) is 12.3 Å². The minimum atomic E-state index is 0.198. The van der Waals surface area contributed by atoms with Gasteiger partial charge in [0.1, 0.15) is 0 Å². The zero-order chi connectivity index (χ0) is 12.5. The van der Waals surface area contributed by atoms with Crippen molar-refractivity contribution < 1.29 is 0 Å². The van der Waals surface area contributed by atoms with E-state index in [1.54, 1.807) is 0 Å². The average molecular weight is 229 g/mol. The number of benzene rings is 1. The van der Waals surface area contributed by atoms with Crippen molar-refractivity contribution in [1.82, 2.24) is 5.32 Å². The summed E-state index contributed by atoms with van der Waals surface area (Å²) in [5.41, 5.74) is 4.32. The summed E-state index contributed by atoms with van der Waals surface area (Å²) in [6, 6.07) is 9.38. The summed E-state index contributed by atoms with van der Waals surface area (Å²) in [6.07, 6.45) is 2.20. The maximum Gasteiger partial charge on any atom is 0.0196 e. The lowest BCUT2D eigenvalue weighted by Crippen LogP contribution is -2.49. The second kappa shape index (κ2) is 4.66. The van der Waals surface area contributed by atoms with E-state index in [1.165, 1.54) is 16.7 Å². The van der Waals surface area contributed by atoms with Gasteiger partial charge in [0.2, 0.25) is 0 Å². The molecule has 0 aliphatic carbocycles. The van der Waals surface area contributed by atoms with Gasteiger partial charge >= 0.3 is 0 Å². The van der Waals surface area contributed by atoms with Gasteiger partial charge in [-0.25, -0.2) is 0 Å². The molecular weight excluding hydrogens is 206 g/mol. The van der Waals surface area contributed by atoms with Gasteiger partial charge in [-0.05, 0) is 31.9 Å². The minimum absolute atomic E-state index is 0.198. The first-order valence-corrected chi connectivity index (χ1v) is 6.47. The quantitative estimate of drug-likeness (QED) is 0.766. The lowest BCUT2D eigenvalue weighted by Gasteiger charge is -2.41. The van der Waals surface area contributed by atoms with E-state index in [0.29, 0.717) is 6.04 Å². The zero-order valence-electron chi connectivity index (χ0n) is 11.2. The van der Waals surface area contributed by atoms with Crippen LogP contribution in [0.3, 0.4) is 0 Å². The molecule has 1 N–H and O–H groups in total. The highest BCUT2D eigenvalue weighted by molar-refractivity contribution is 5.24. The SMILES string of the molecule is C=C1CCN[C@H](Cc2ccc(C)cc2)C1(C)C. The molecule has 0 radical (unpaired) electrons. The van der Waals surface area contributed by atoms with Crippen molar-refractivity contribution in [2.24, 2.45) is 5.41 Å². The first-order valence-electron chi connectivity index (χ1n) is 6.47. The van der Waals surface area contributed by atoms with Crippen molar-refractivity contribution in [3.05, 3.63) is 47.5 Å². The Morgan fingerprint density at radius 1 is 1.29 bits per heavy atom. The molecule has 1 aliphatic heterocycles. The lowest BCUT2D eigenvalue weighted by molar-refractivity contribution is 0.251. The zero-order valence-corrected chi connectivity index (χ0v) is 11.2. The van der Waals surface area contributed by atoms with Crippen molar-refractivity contribution in [3.8, 4) is 0 Å². The van der Waals surface area contributed by atoms with Gasteiger partial charge in [-0.1, -0.05) is 55.8 Å². The highest BCUT2D eigenvalue weighted by Gasteiger charge is 2.34. The first kappa shape index (κ1) is 12.4. The molecule has 0 bridgehead atoms. The molecule has 0 saturated carbocycles. The molecule has 1 saturated heterocycles. The van der Waals surface area contributed by atoms with Gasteiger partial charge in [-0.2, -0.15) is 0 Å². The summed E-state index contributed by atoms with van der Waals surface area (Å²) < 4.78 is 0. The lowest BCUT2D eigenvalue weighted by atomic mass is 9.72. The van der Waals surface area contributed by atoms with Crippen molar-refractivity contribution in [1.29, 1.82) is 0 Å². The summed E-state index contributed by atoms with van der Waals surface area (Å²) in [5.74, 6) is 0. The fourth-order valence-corrected chi connectivity index (χ4v) is 2.51. The number of aryl methyl sites for hydroxylation is 1. The summed E-state index contributed by atoms with van der Waals surface area (Å²) in [6.45, 7) is 12.0. The van der Waals surface area contributed by atoms with E-state index in [4.69, 9.17) is 0 Å². The topological polar surface area (TPSA) is 12.0 Å². The molecule has 92 valence electrons. The molecule has 0 unspecified atom stereocenters. The third kappa shape index (κ3) is 2.61. The highest BCUT2D eigenvalue weighted by Crippen LogP contribution is 2.35. The van der Waals surface area contributed by atoms with Crippen LogP contribution in [0.25, 0.3) is 0 Å². The molecule has 1 nitrogen and oxygen atoms in total. The van der Waals surface area contributed by atoms with Crippen LogP contribution >= 0.6 is 0 Å². The van der Waals surface area contributed by atoms with Crippen LogP contribution in [-0.2, 0) is 6.42 Å². The van der Waals surface area contributed by atoms with Crippen LogP contribution in [0.4, 0.5) is 0 Å². The van der Waals surface area contributed by atoms with E-state index in [9.17, 15) is 0 Å². The third-order valence-electron chi connectivity index (χ3n) is 4.16. The second-order valence-electron chi connectivity index (χ2n) is 5.77. The molecule has 0 amide bonds. The Morgan fingerprint density at radius 2 is 1.94 bits per heavy atom. The molecule has 1 aromatic carbocycles. The van der Waals surface area contributed by atoms with Gasteiger partial charge in [-0.3, -0.25) is 0 Å². The van der Waals surface area contributed by atoms with Crippen LogP contribution in [0.1, 0.15) is 31.4 Å². The van der Waals surface area contributed by atoms with E-state index in [0.717, 1.165) is 19.4 Å². The maximum atomic E-state index is 4.23. The summed E-state index contributed by atoms with van der Waals surface area (Å²) in [7, 11) is 0. The number of rotatable bonds is 2. The van der Waals surface area contributed by atoms with Gasteiger partial charge in [0.25, 0.3) is 0 Å². The number of nitrogens with one attached hydrogen (secondary N) is 1. The first-order chi connectivity index (χ1) is 8.00.